The van der Waals surface area contributed by atoms with Gasteiger partial charge in [-0.05, 0) is 67.1 Å². The number of fused-ring (bicyclic) bond motifs is 2. The lowest BCUT2D eigenvalue weighted by Crippen LogP contribution is -1.97. The van der Waals surface area contributed by atoms with E-state index in [4.69, 9.17) is 0 Å². The highest BCUT2D eigenvalue weighted by atomic mass is 14.2. The highest BCUT2D eigenvalue weighted by molar-refractivity contribution is 6.04. The quantitative estimate of drug-likeness (QED) is 0.163. The van der Waals surface area contributed by atoms with Gasteiger partial charge in [-0.15, -0.1) is 0 Å². The fourth-order valence-corrected chi connectivity index (χ4v) is 5.21. The molecular weight excluding hydrogens is 480 g/mol. The van der Waals surface area contributed by atoms with Crippen molar-refractivity contribution in [2.75, 3.05) is 0 Å². The molecule has 0 bridgehead atoms. The van der Waals surface area contributed by atoms with Gasteiger partial charge in [-0.3, -0.25) is 0 Å². The van der Waals surface area contributed by atoms with Crippen molar-refractivity contribution in [1.29, 1.82) is 0 Å². The van der Waals surface area contributed by atoms with E-state index in [1.165, 1.54) is 54.9 Å². The van der Waals surface area contributed by atoms with Crippen molar-refractivity contribution in [3.05, 3.63) is 204 Å². The van der Waals surface area contributed by atoms with Crippen LogP contribution in [-0.4, -0.2) is 0 Å². The first-order chi connectivity index (χ1) is 19.9. The second-order valence-electron chi connectivity index (χ2n) is 9.76. The highest BCUT2D eigenvalue weighted by Gasteiger charge is 2.15. The summed E-state index contributed by atoms with van der Waals surface area (Å²) in [4.78, 5) is 0. The van der Waals surface area contributed by atoms with Crippen LogP contribution in [0.4, 0.5) is 0 Å². The Labute approximate surface area is 236 Å². The van der Waals surface area contributed by atoms with Crippen LogP contribution >= 0.6 is 0 Å². The van der Waals surface area contributed by atoms with Crippen LogP contribution in [0.3, 0.4) is 0 Å². The van der Waals surface area contributed by atoms with Gasteiger partial charge in [-0.1, -0.05) is 170 Å². The predicted octanol–water partition coefficient (Wildman–Crippen LogP) is 10.7. The van der Waals surface area contributed by atoms with Gasteiger partial charge in [0, 0.05) is 0 Å². The third kappa shape index (κ3) is 5.62. The smallest absolute Gasteiger partial charge is 0.00268 e. The zero-order valence-electron chi connectivity index (χ0n) is 22.3. The first-order valence-corrected chi connectivity index (χ1v) is 13.7. The van der Waals surface area contributed by atoms with Crippen LogP contribution in [-0.2, 0) is 0 Å². The minimum Gasteiger partial charge on any atom is -0.0622 e. The number of hydrogen-bond acceptors (Lipinski definition) is 0. The summed E-state index contributed by atoms with van der Waals surface area (Å²) in [6, 6.07) is 64.0. The number of hydrogen-bond donors (Lipinski definition) is 0. The summed E-state index contributed by atoms with van der Waals surface area (Å²) in [5.74, 6) is 0. The molecular formula is C40H30. The molecule has 0 saturated heterocycles. The average Bonchev–Trinajstić information content (AvgIpc) is 3.04. The fraction of sp³-hybridized carbons (Fsp3) is 0. The molecule has 0 amide bonds. The van der Waals surface area contributed by atoms with Gasteiger partial charge in [-0.2, -0.15) is 0 Å². The summed E-state index contributed by atoms with van der Waals surface area (Å²) in [5, 5.41) is 5.25. The van der Waals surface area contributed by atoms with Gasteiger partial charge in [-0.25, -0.2) is 0 Å². The summed E-state index contributed by atoms with van der Waals surface area (Å²) in [6.45, 7) is 0. The molecule has 0 heteroatoms. The molecule has 7 aromatic carbocycles. The Morgan fingerprint density at radius 2 is 0.425 bits per heavy atom. The second kappa shape index (κ2) is 12.1. The van der Waals surface area contributed by atoms with Crippen LogP contribution in [0.2, 0.25) is 0 Å². The Morgan fingerprint density at radius 3 is 0.650 bits per heavy atom. The average molecular weight is 511 g/mol. The standard InChI is InChI=1S/C26H20.C14H10/c1-5-13-21(14-6-1)25(22-15-7-2-8-16-22)26(23-17-9-3-10-18-23)24-19-11-4-12-20-24;1-2-6-12-10-14-8-4-3-7-13(14)9-11(12)5-1/h1-20H;1-10H. The van der Waals surface area contributed by atoms with E-state index >= 15 is 0 Å². The molecule has 7 rings (SSSR count). The maximum atomic E-state index is 2.24. The van der Waals surface area contributed by atoms with E-state index in [1.54, 1.807) is 0 Å². The van der Waals surface area contributed by atoms with E-state index in [0.717, 1.165) is 0 Å². The fourth-order valence-electron chi connectivity index (χ4n) is 5.21. The third-order valence-corrected chi connectivity index (χ3v) is 7.11. The highest BCUT2D eigenvalue weighted by Crippen LogP contribution is 2.36. The van der Waals surface area contributed by atoms with Crippen LogP contribution in [0.15, 0.2) is 182 Å². The van der Waals surface area contributed by atoms with Crippen LogP contribution in [0.1, 0.15) is 22.3 Å². The molecule has 0 saturated carbocycles. The molecule has 0 N–H and O–H groups in total. The second-order valence-corrected chi connectivity index (χ2v) is 9.76. The molecule has 0 radical (unpaired) electrons. The minimum atomic E-state index is 1.22. The molecule has 0 aliphatic rings. The van der Waals surface area contributed by atoms with E-state index in [0.29, 0.717) is 0 Å². The lowest BCUT2D eigenvalue weighted by atomic mass is 9.86. The van der Waals surface area contributed by atoms with E-state index in [-0.39, 0.29) is 0 Å². The van der Waals surface area contributed by atoms with Crippen LogP contribution < -0.4 is 0 Å². The van der Waals surface area contributed by atoms with Gasteiger partial charge in [0.15, 0.2) is 0 Å². The monoisotopic (exact) mass is 510 g/mol. The molecule has 0 atom stereocenters. The van der Waals surface area contributed by atoms with Gasteiger partial charge < -0.3 is 0 Å². The van der Waals surface area contributed by atoms with Crippen molar-refractivity contribution in [2.24, 2.45) is 0 Å². The van der Waals surface area contributed by atoms with Crippen LogP contribution in [0.5, 0.6) is 0 Å². The number of benzene rings is 7. The Hall–Kier alpha value is -5.20. The maximum Gasteiger partial charge on any atom is -0.00268 e. The molecule has 0 heterocycles. The Balaban J connectivity index is 0.000000173. The van der Waals surface area contributed by atoms with E-state index in [1.807, 2.05) is 0 Å². The van der Waals surface area contributed by atoms with Gasteiger partial charge in [0.1, 0.15) is 0 Å². The molecule has 190 valence electrons. The molecule has 40 heavy (non-hydrogen) atoms. The van der Waals surface area contributed by atoms with Crippen molar-refractivity contribution in [2.45, 2.75) is 0 Å². The van der Waals surface area contributed by atoms with Gasteiger partial charge in [0.05, 0.1) is 0 Å². The molecule has 0 aliphatic carbocycles. The van der Waals surface area contributed by atoms with Gasteiger partial charge >= 0.3 is 0 Å². The third-order valence-electron chi connectivity index (χ3n) is 7.11. The first kappa shape index (κ1) is 25.1. The lowest BCUT2D eigenvalue weighted by molar-refractivity contribution is 1.50. The van der Waals surface area contributed by atoms with E-state index in [9.17, 15) is 0 Å². The van der Waals surface area contributed by atoms with Crippen LogP contribution in [0.25, 0.3) is 32.7 Å². The van der Waals surface area contributed by atoms with Crippen molar-refractivity contribution in [3.8, 4) is 0 Å². The summed E-state index contributed by atoms with van der Waals surface area (Å²) in [7, 11) is 0. The minimum absolute atomic E-state index is 1.22. The molecule has 0 fully saturated rings. The van der Waals surface area contributed by atoms with Gasteiger partial charge in [0.25, 0.3) is 0 Å². The molecule has 0 spiro atoms. The maximum absolute atomic E-state index is 2.24. The van der Waals surface area contributed by atoms with Crippen molar-refractivity contribution >= 4 is 32.7 Å². The van der Waals surface area contributed by atoms with E-state index < -0.39 is 0 Å². The zero-order valence-corrected chi connectivity index (χ0v) is 22.3. The molecule has 0 nitrogen and oxygen atoms in total. The zero-order chi connectivity index (χ0) is 27.0. The van der Waals surface area contributed by atoms with Gasteiger partial charge in [0.2, 0.25) is 0 Å². The predicted molar refractivity (Wildman–Crippen MR) is 172 cm³/mol. The summed E-state index contributed by atoms with van der Waals surface area (Å²) < 4.78 is 0. The normalized spacial score (nSPS) is 10.5. The molecule has 0 unspecified atom stereocenters. The summed E-state index contributed by atoms with van der Waals surface area (Å²) in [6.07, 6.45) is 0. The summed E-state index contributed by atoms with van der Waals surface area (Å²) >= 11 is 0. The summed E-state index contributed by atoms with van der Waals surface area (Å²) in [5.41, 5.74) is 7.40. The molecule has 0 aromatic heterocycles. The largest absolute Gasteiger partial charge is 0.0622 e. The van der Waals surface area contributed by atoms with Crippen molar-refractivity contribution < 1.29 is 0 Å². The van der Waals surface area contributed by atoms with Crippen LogP contribution in [0, 0.1) is 0 Å². The molecule has 0 aliphatic heterocycles. The Morgan fingerprint density at radius 1 is 0.225 bits per heavy atom. The number of rotatable bonds is 4. The molecule has 7 aromatic rings. The SMILES string of the molecule is c1ccc(C(=C(c2ccccc2)c2ccccc2)c2ccccc2)cc1.c1ccc2cc3ccccc3cc2c1. The van der Waals surface area contributed by atoms with E-state index in [2.05, 4.69) is 182 Å². The Kier molecular flexibility index (Phi) is 7.60. The van der Waals surface area contributed by atoms with Crippen molar-refractivity contribution in [3.63, 3.8) is 0 Å². The first-order valence-electron chi connectivity index (χ1n) is 13.7. The lowest BCUT2D eigenvalue weighted by Gasteiger charge is -2.18. The van der Waals surface area contributed by atoms with Crippen molar-refractivity contribution in [1.82, 2.24) is 0 Å². The Bertz CT molecular complexity index is 1580. The topological polar surface area (TPSA) is 0 Å².